The molecule has 0 spiro atoms. The number of amides is 1. The smallest absolute Gasteiger partial charge is 0.258 e. The molecule has 2 rings (SSSR count). The first-order valence-corrected chi connectivity index (χ1v) is 5.66. The molecule has 19 heavy (non-hydrogen) atoms. The third-order valence-corrected chi connectivity index (χ3v) is 2.67. The first-order valence-electron chi connectivity index (χ1n) is 5.29. The molecule has 0 aliphatic carbocycles. The highest BCUT2D eigenvalue weighted by Crippen LogP contribution is 2.21. The molecule has 0 atom stereocenters. The third kappa shape index (κ3) is 3.00. The van der Waals surface area contributed by atoms with Gasteiger partial charge in [0.15, 0.2) is 0 Å². The van der Waals surface area contributed by atoms with Crippen molar-refractivity contribution in [2.45, 2.75) is 0 Å². The van der Waals surface area contributed by atoms with Crippen LogP contribution in [-0.4, -0.2) is 5.91 Å². The van der Waals surface area contributed by atoms with Gasteiger partial charge in [-0.05, 0) is 36.4 Å². The Kier molecular flexibility index (Phi) is 3.66. The quantitative estimate of drug-likeness (QED) is 0.829. The number of carbonyl (C=O) groups excluding carboxylic acids is 1. The fourth-order valence-corrected chi connectivity index (χ4v) is 1.68. The lowest BCUT2D eigenvalue weighted by atomic mass is 10.2. The normalized spacial score (nSPS) is 10.3. The summed E-state index contributed by atoms with van der Waals surface area (Å²) >= 11 is 5.69. The van der Waals surface area contributed by atoms with Crippen LogP contribution in [0.25, 0.3) is 0 Å². The number of nitrogens with one attached hydrogen (secondary N) is 1. The van der Waals surface area contributed by atoms with Gasteiger partial charge in [0.25, 0.3) is 5.91 Å². The summed E-state index contributed by atoms with van der Waals surface area (Å²) in [6.45, 7) is 0. The van der Waals surface area contributed by atoms with Crippen LogP contribution in [0.4, 0.5) is 20.2 Å². The predicted molar refractivity (Wildman–Crippen MR) is 70.2 cm³/mol. The Balaban J connectivity index is 2.28. The summed E-state index contributed by atoms with van der Waals surface area (Å²) in [5.74, 6) is -1.94. The highest BCUT2D eigenvalue weighted by Gasteiger charge is 2.13. The highest BCUT2D eigenvalue weighted by atomic mass is 35.5. The Bertz CT molecular complexity index is 647. The summed E-state index contributed by atoms with van der Waals surface area (Å²) in [4.78, 5) is 11.9. The number of hydrogen-bond donors (Lipinski definition) is 2. The van der Waals surface area contributed by atoms with Crippen LogP contribution in [0.15, 0.2) is 36.4 Å². The van der Waals surface area contributed by atoms with E-state index in [1.165, 1.54) is 18.2 Å². The second-order valence-electron chi connectivity index (χ2n) is 3.81. The molecule has 0 bridgehead atoms. The van der Waals surface area contributed by atoms with Crippen LogP contribution in [0.3, 0.4) is 0 Å². The van der Waals surface area contributed by atoms with Gasteiger partial charge in [-0.3, -0.25) is 4.79 Å². The number of benzene rings is 2. The lowest BCUT2D eigenvalue weighted by molar-refractivity contribution is 0.102. The molecule has 0 aromatic heterocycles. The van der Waals surface area contributed by atoms with Crippen molar-refractivity contribution < 1.29 is 13.6 Å². The van der Waals surface area contributed by atoms with E-state index in [1.807, 2.05) is 0 Å². The van der Waals surface area contributed by atoms with Crippen molar-refractivity contribution in [3.8, 4) is 0 Å². The Morgan fingerprint density at radius 3 is 2.58 bits per heavy atom. The molecular weight excluding hydrogens is 274 g/mol. The molecule has 0 saturated heterocycles. The van der Waals surface area contributed by atoms with E-state index >= 15 is 0 Å². The van der Waals surface area contributed by atoms with Crippen molar-refractivity contribution in [3.63, 3.8) is 0 Å². The SMILES string of the molecule is Nc1cc(F)ccc1NC(=O)c1cc(Cl)ccc1F. The van der Waals surface area contributed by atoms with Gasteiger partial charge < -0.3 is 11.1 Å². The Labute approximate surface area is 113 Å². The van der Waals surface area contributed by atoms with Crippen LogP contribution in [0.2, 0.25) is 5.02 Å². The van der Waals surface area contributed by atoms with Gasteiger partial charge in [-0.1, -0.05) is 11.6 Å². The van der Waals surface area contributed by atoms with Crippen molar-refractivity contribution in [2.75, 3.05) is 11.1 Å². The lowest BCUT2D eigenvalue weighted by Crippen LogP contribution is -2.15. The molecular formula is C13H9ClF2N2O. The molecule has 0 saturated carbocycles. The maximum atomic E-state index is 13.5. The van der Waals surface area contributed by atoms with Gasteiger partial charge in [0.1, 0.15) is 11.6 Å². The van der Waals surface area contributed by atoms with E-state index in [1.54, 1.807) is 0 Å². The molecule has 6 heteroatoms. The summed E-state index contributed by atoms with van der Waals surface area (Å²) in [5.41, 5.74) is 5.58. The van der Waals surface area contributed by atoms with Gasteiger partial charge >= 0.3 is 0 Å². The maximum absolute atomic E-state index is 13.5. The van der Waals surface area contributed by atoms with Crippen LogP contribution >= 0.6 is 11.6 Å². The average molecular weight is 283 g/mol. The number of rotatable bonds is 2. The van der Waals surface area contributed by atoms with Crippen molar-refractivity contribution in [3.05, 3.63) is 58.6 Å². The van der Waals surface area contributed by atoms with Crippen molar-refractivity contribution in [1.82, 2.24) is 0 Å². The molecule has 2 aromatic carbocycles. The zero-order chi connectivity index (χ0) is 14.0. The van der Waals surface area contributed by atoms with Gasteiger partial charge in [-0.2, -0.15) is 0 Å². The fraction of sp³-hybridized carbons (Fsp3) is 0. The minimum atomic E-state index is -0.710. The van der Waals surface area contributed by atoms with Gasteiger partial charge in [-0.25, -0.2) is 8.78 Å². The van der Waals surface area contributed by atoms with Crippen molar-refractivity contribution in [1.29, 1.82) is 0 Å². The van der Waals surface area contributed by atoms with Crippen molar-refractivity contribution in [2.24, 2.45) is 0 Å². The Morgan fingerprint density at radius 2 is 1.89 bits per heavy atom. The molecule has 3 N–H and O–H groups in total. The van der Waals surface area contributed by atoms with E-state index in [0.29, 0.717) is 0 Å². The van der Waals surface area contributed by atoms with E-state index < -0.39 is 17.5 Å². The van der Waals surface area contributed by atoms with Crippen LogP contribution in [0, 0.1) is 11.6 Å². The monoisotopic (exact) mass is 282 g/mol. The molecule has 0 radical (unpaired) electrons. The zero-order valence-corrected chi connectivity index (χ0v) is 10.3. The highest BCUT2D eigenvalue weighted by molar-refractivity contribution is 6.31. The van der Waals surface area contributed by atoms with E-state index in [0.717, 1.165) is 18.2 Å². The number of hydrogen-bond acceptors (Lipinski definition) is 2. The summed E-state index contributed by atoms with van der Waals surface area (Å²) in [7, 11) is 0. The molecule has 0 heterocycles. The minimum Gasteiger partial charge on any atom is -0.397 e. The standard InChI is InChI=1S/C13H9ClF2N2O/c14-7-1-3-10(16)9(5-7)13(19)18-12-4-2-8(15)6-11(12)17/h1-6H,17H2,(H,18,19). The van der Waals surface area contributed by atoms with Gasteiger partial charge in [-0.15, -0.1) is 0 Å². The van der Waals surface area contributed by atoms with Gasteiger partial charge in [0.05, 0.1) is 16.9 Å². The van der Waals surface area contributed by atoms with E-state index in [4.69, 9.17) is 17.3 Å². The number of carbonyl (C=O) groups is 1. The van der Waals surface area contributed by atoms with Crippen LogP contribution < -0.4 is 11.1 Å². The number of nitrogen functional groups attached to an aromatic ring is 1. The predicted octanol–water partition coefficient (Wildman–Crippen LogP) is 3.45. The van der Waals surface area contributed by atoms with Gasteiger partial charge in [0, 0.05) is 5.02 Å². The number of nitrogens with two attached hydrogens (primary N) is 1. The summed E-state index contributed by atoms with van der Waals surface area (Å²) in [6, 6.07) is 7.12. The van der Waals surface area contributed by atoms with E-state index in [2.05, 4.69) is 5.32 Å². The van der Waals surface area contributed by atoms with E-state index in [9.17, 15) is 13.6 Å². The molecule has 0 aliphatic rings. The zero-order valence-electron chi connectivity index (χ0n) is 9.58. The summed E-state index contributed by atoms with van der Waals surface area (Å²) < 4.78 is 26.3. The molecule has 1 amide bonds. The number of anilines is 2. The molecule has 2 aromatic rings. The lowest BCUT2D eigenvalue weighted by Gasteiger charge is -2.09. The first kappa shape index (κ1) is 13.3. The number of halogens is 3. The van der Waals surface area contributed by atoms with Crippen LogP contribution in [-0.2, 0) is 0 Å². The second kappa shape index (κ2) is 5.24. The fourth-order valence-electron chi connectivity index (χ4n) is 1.51. The summed E-state index contributed by atoms with van der Waals surface area (Å²) in [6.07, 6.45) is 0. The van der Waals surface area contributed by atoms with Crippen LogP contribution in [0.5, 0.6) is 0 Å². The molecule has 0 fully saturated rings. The minimum absolute atomic E-state index is 0.0517. The summed E-state index contributed by atoms with van der Waals surface area (Å²) in [5, 5.41) is 2.63. The maximum Gasteiger partial charge on any atom is 0.258 e. The molecule has 3 nitrogen and oxygen atoms in total. The third-order valence-electron chi connectivity index (χ3n) is 2.43. The largest absolute Gasteiger partial charge is 0.397 e. The van der Waals surface area contributed by atoms with Gasteiger partial charge in [0.2, 0.25) is 0 Å². The average Bonchev–Trinajstić information content (AvgIpc) is 2.35. The van der Waals surface area contributed by atoms with Crippen LogP contribution in [0.1, 0.15) is 10.4 Å². The van der Waals surface area contributed by atoms with E-state index in [-0.39, 0.29) is 22.0 Å². The molecule has 0 aliphatic heterocycles. The molecule has 0 unspecified atom stereocenters. The topological polar surface area (TPSA) is 55.1 Å². The Morgan fingerprint density at radius 1 is 1.16 bits per heavy atom. The first-order chi connectivity index (χ1) is 8.97. The second-order valence-corrected chi connectivity index (χ2v) is 4.25. The molecule has 98 valence electrons. The Hall–Kier alpha value is -2.14. The van der Waals surface area contributed by atoms with Crippen molar-refractivity contribution >= 4 is 28.9 Å².